The molecule has 3 aromatic carbocycles. The highest BCUT2D eigenvalue weighted by atomic mass is 32.2. The van der Waals surface area contributed by atoms with E-state index in [1.54, 1.807) is 0 Å². The predicted molar refractivity (Wildman–Crippen MR) is 142 cm³/mol. The second-order valence-electron chi connectivity index (χ2n) is 9.75. The number of aromatic nitrogens is 1. The molecule has 2 aliphatic carbocycles. The van der Waals surface area contributed by atoms with Crippen molar-refractivity contribution in [2.75, 3.05) is 4.72 Å². The summed E-state index contributed by atoms with van der Waals surface area (Å²) < 4.78 is 29.0. The molecule has 1 atom stereocenters. The molecule has 0 aliphatic heterocycles. The largest absolute Gasteiger partial charge is 0.366 e. The Kier molecular flexibility index (Phi) is 5.52. The molecule has 1 heterocycles. The van der Waals surface area contributed by atoms with E-state index in [4.69, 9.17) is 10.7 Å². The van der Waals surface area contributed by atoms with E-state index < -0.39 is 21.2 Å². The lowest BCUT2D eigenvalue weighted by atomic mass is 9.83. The average molecular weight is 498 g/mol. The molecule has 6 rings (SSSR count). The summed E-state index contributed by atoms with van der Waals surface area (Å²) in [6, 6.07) is 25.4. The molecule has 1 aromatic heterocycles. The highest BCUT2D eigenvalue weighted by Gasteiger charge is 2.39. The Labute approximate surface area is 210 Å². The van der Waals surface area contributed by atoms with E-state index in [-0.39, 0.29) is 17.2 Å². The topological polar surface area (TPSA) is 102 Å². The van der Waals surface area contributed by atoms with Crippen LogP contribution < -0.4 is 10.5 Å². The van der Waals surface area contributed by atoms with Crippen molar-refractivity contribution in [3.05, 3.63) is 95.6 Å². The molecule has 2 saturated carbocycles. The van der Waals surface area contributed by atoms with Crippen LogP contribution in [0.5, 0.6) is 0 Å². The van der Waals surface area contributed by atoms with Crippen molar-refractivity contribution < 1.29 is 13.2 Å². The van der Waals surface area contributed by atoms with Gasteiger partial charge in [0.25, 0.3) is 5.91 Å². The molecular weight excluding hydrogens is 470 g/mol. The van der Waals surface area contributed by atoms with Gasteiger partial charge in [-0.05, 0) is 48.8 Å². The summed E-state index contributed by atoms with van der Waals surface area (Å²) >= 11 is 0. The Morgan fingerprint density at radius 2 is 1.56 bits per heavy atom. The molecule has 182 valence electrons. The van der Waals surface area contributed by atoms with E-state index in [9.17, 15) is 13.2 Å². The molecule has 4 aromatic rings. The molecule has 7 heteroatoms. The minimum atomic E-state index is -3.68. The van der Waals surface area contributed by atoms with Gasteiger partial charge in [-0.25, -0.2) is 13.4 Å². The number of fused-ring (bicyclic) bond motifs is 1. The van der Waals surface area contributed by atoms with E-state index in [2.05, 4.69) is 16.9 Å². The molecule has 2 fully saturated rings. The Morgan fingerprint density at radius 1 is 0.889 bits per heavy atom. The first-order valence-corrected chi connectivity index (χ1v) is 13.9. The molecule has 6 nitrogen and oxygen atoms in total. The molecule has 3 N–H and O–H groups in total. The molecule has 0 spiro atoms. The predicted octanol–water partition coefficient (Wildman–Crippen LogP) is 5.45. The molecule has 0 unspecified atom stereocenters. The first-order chi connectivity index (χ1) is 17.4. The van der Waals surface area contributed by atoms with Crippen molar-refractivity contribution >= 4 is 32.5 Å². The monoisotopic (exact) mass is 497 g/mol. The van der Waals surface area contributed by atoms with Crippen LogP contribution in [-0.4, -0.2) is 24.6 Å². The quantitative estimate of drug-likeness (QED) is 0.338. The molecule has 0 saturated heterocycles. The lowest BCUT2D eigenvalue weighted by molar-refractivity contribution is 0.100. The number of rotatable bonds is 8. The molecule has 0 radical (unpaired) electrons. The van der Waals surface area contributed by atoms with Crippen molar-refractivity contribution in [2.24, 2.45) is 11.7 Å². The zero-order valence-electron chi connectivity index (χ0n) is 19.7. The highest BCUT2D eigenvalue weighted by Crippen LogP contribution is 2.49. The van der Waals surface area contributed by atoms with E-state index in [0.717, 1.165) is 24.0 Å². The Morgan fingerprint density at radius 3 is 2.17 bits per heavy atom. The van der Waals surface area contributed by atoms with E-state index in [0.29, 0.717) is 40.9 Å². The van der Waals surface area contributed by atoms with Gasteiger partial charge in [0.1, 0.15) is 0 Å². The van der Waals surface area contributed by atoms with Gasteiger partial charge < -0.3 is 5.73 Å². The van der Waals surface area contributed by atoms with Crippen molar-refractivity contribution in [1.82, 2.24) is 4.98 Å². The number of hydrogen-bond donors (Lipinski definition) is 2. The van der Waals surface area contributed by atoms with Gasteiger partial charge in [0.05, 0.1) is 27.7 Å². The minimum Gasteiger partial charge on any atom is -0.366 e. The number of anilines is 1. The summed E-state index contributed by atoms with van der Waals surface area (Å²) in [7, 11) is -3.68. The highest BCUT2D eigenvalue weighted by molar-refractivity contribution is 7.93. The van der Waals surface area contributed by atoms with Crippen LogP contribution in [0.3, 0.4) is 0 Å². The number of primary amides is 1. The number of nitrogens with zero attached hydrogens (tertiary/aromatic N) is 1. The molecule has 2 aliphatic rings. The maximum absolute atomic E-state index is 13.1. The van der Waals surface area contributed by atoms with Gasteiger partial charge in [-0.3, -0.25) is 9.52 Å². The maximum atomic E-state index is 13.1. The first-order valence-electron chi connectivity index (χ1n) is 12.3. The van der Waals surface area contributed by atoms with Crippen LogP contribution >= 0.6 is 0 Å². The number of pyridine rings is 1. The lowest BCUT2D eigenvalue weighted by Crippen LogP contribution is -2.23. The Balaban J connectivity index is 1.67. The fourth-order valence-corrected chi connectivity index (χ4v) is 6.56. The number of nitrogens with two attached hydrogens (primary N) is 1. The molecule has 0 bridgehead atoms. The number of amides is 1. The number of nitrogens with one attached hydrogen (secondary N) is 1. The summed E-state index contributed by atoms with van der Waals surface area (Å²) in [5.74, 6) is -0.174. The van der Waals surface area contributed by atoms with E-state index in [1.807, 2.05) is 66.7 Å². The number of sulfonamides is 1. The summed E-state index contributed by atoms with van der Waals surface area (Å²) in [5.41, 5.74) is 10.2. The van der Waals surface area contributed by atoms with E-state index in [1.165, 1.54) is 0 Å². The zero-order valence-corrected chi connectivity index (χ0v) is 20.5. The third-order valence-corrected chi connectivity index (χ3v) is 8.97. The van der Waals surface area contributed by atoms with Gasteiger partial charge in [0.2, 0.25) is 10.0 Å². The van der Waals surface area contributed by atoms with E-state index >= 15 is 0 Å². The third-order valence-electron chi connectivity index (χ3n) is 7.13. The summed E-state index contributed by atoms with van der Waals surface area (Å²) in [5, 5.41) is 0.162. The van der Waals surface area contributed by atoms with Gasteiger partial charge in [-0.15, -0.1) is 0 Å². The van der Waals surface area contributed by atoms with Crippen molar-refractivity contribution in [1.29, 1.82) is 0 Å². The van der Waals surface area contributed by atoms with Crippen LogP contribution in [0.1, 0.15) is 53.1 Å². The Bertz CT molecular complexity index is 1560. The van der Waals surface area contributed by atoms with Crippen LogP contribution in [0.4, 0.5) is 5.69 Å². The Hall–Kier alpha value is -3.71. The van der Waals surface area contributed by atoms with Gasteiger partial charge in [0.15, 0.2) is 0 Å². The van der Waals surface area contributed by atoms with Crippen LogP contribution in [0.15, 0.2) is 78.9 Å². The second kappa shape index (κ2) is 8.75. The standard InChI is InChI=1S/C29H27N3O3S/c30-29(33)26-25-22(24(19-14-15-19)18-8-3-1-4-9-18)12-7-13-23(25)31-27(20-10-5-2-6-11-20)28(26)32-36(34,35)21-16-17-21/h1-13,19,21,24,32H,14-17H2,(H2,30,33)/t24-/m1/s1. The fourth-order valence-electron chi connectivity index (χ4n) is 5.15. The lowest BCUT2D eigenvalue weighted by Gasteiger charge is -2.23. The number of carbonyl (C=O) groups excluding carboxylic acids is 1. The molecule has 1 amide bonds. The van der Waals surface area contributed by atoms with Crippen LogP contribution in [-0.2, 0) is 10.0 Å². The number of carbonyl (C=O) groups is 1. The molecule has 36 heavy (non-hydrogen) atoms. The zero-order chi connectivity index (χ0) is 24.9. The van der Waals surface area contributed by atoms with Crippen LogP contribution in [0.25, 0.3) is 22.2 Å². The normalized spacial score (nSPS) is 16.6. The van der Waals surface area contributed by atoms with Gasteiger partial charge >= 0.3 is 0 Å². The first kappa shape index (κ1) is 22.7. The van der Waals surface area contributed by atoms with Crippen LogP contribution in [0, 0.1) is 5.92 Å². The third kappa shape index (κ3) is 4.13. The van der Waals surface area contributed by atoms with Crippen molar-refractivity contribution in [2.45, 2.75) is 36.9 Å². The van der Waals surface area contributed by atoms with Gasteiger partial charge in [0, 0.05) is 16.9 Å². The summed E-state index contributed by atoms with van der Waals surface area (Å²) in [6.45, 7) is 0. The van der Waals surface area contributed by atoms with Gasteiger partial charge in [-0.2, -0.15) is 0 Å². The molecular formula is C29H27N3O3S. The number of benzene rings is 3. The fraction of sp³-hybridized carbons (Fsp3) is 0.241. The SMILES string of the molecule is NC(=O)c1c(NS(=O)(=O)C2CC2)c(-c2ccccc2)nc2cccc([C@H](c3ccccc3)C3CC3)c12. The summed E-state index contributed by atoms with van der Waals surface area (Å²) in [6.07, 6.45) is 3.40. The van der Waals surface area contributed by atoms with Crippen molar-refractivity contribution in [3.63, 3.8) is 0 Å². The number of hydrogen-bond acceptors (Lipinski definition) is 4. The second-order valence-corrected chi connectivity index (χ2v) is 11.7. The minimum absolute atomic E-state index is 0.0604. The van der Waals surface area contributed by atoms with Crippen molar-refractivity contribution in [3.8, 4) is 11.3 Å². The van der Waals surface area contributed by atoms with Crippen LogP contribution in [0.2, 0.25) is 0 Å². The maximum Gasteiger partial charge on any atom is 0.251 e. The van der Waals surface area contributed by atoms with Gasteiger partial charge in [-0.1, -0.05) is 72.8 Å². The summed E-state index contributed by atoms with van der Waals surface area (Å²) in [4.78, 5) is 18.1. The average Bonchev–Trinajstić information content (AvgIpc) is 3.78. The smallest absolute Gasteiger partial charge is 0.251 e.